The molecule has 2 aromatic heterocycles. The van der Waals surface area contributed by atoms with Crippen molar-refractivity contribution in [3.05, 3.63) is 65.7 Å². The van der Waals surface area contributed by atoms with Crippen LogP contribution in [0.25, 0.3) is 0 Å². The molecule has 0 aliphatic carbocycles. The van der Waals surface area contributed by atoms with Crippen molar-refractivity contribution < 1.29 is 13.2 Å². The number of nitrogens with two attached hydrogens (primary N) is 1. The first-order chi connectivity index (χ1) is 15.4. The molecule has 0 radical (unpaired) electrons. The molecule has 2 aliphatic rings. The zero-order valence-electron chi connectivity index (χ0n) is 17.3. The number of hydrogen-bond acceptors (Lipinski definition) is 8. The first-order valence-electron chi connectivity index (χ1n) is 10.4. The monoisotopic (exact) mass is 442 g/mol. The molecule has 3 aromatic rings. The number of fused-ring (bicyclic) bond motifs is 1. The predicted octanol–water partition coefficient (Wildman–Crippen LogP) is 1.85. The molecule has 4 heterocycles. The SMILES string of the molecule is N=c1nc(N)cc2n1NC(CCN1CCN(c3cc(F)ccc3F)CC1)(c1ccco1)N2. The lowest BCUT2D eigenvalue weighted by Gasteiger charge is -2.38. The molecular formula is C21H24F2N8O. The van der Waals surface area contributed by atoms with Gasteiger partial charge in [-0.05, 0) is 24.3 Å². The summed E-state index contributed by atoms with van der Waals surface area (Å²) in [5.74, 6) is 0.713. The first-order valence-corrected chi connectivity index (χ1v) is 10.4. The quantitative estimate of drug-likeness (QED) is 0.477. The molecule has 1 unspecified atom stereocenters. The molecule has 1 saturated heterocycles. The topological polar surface area (TPSA) is 111 Å². The van der Waals surface area contributed by atoms with Crippen molar-refractivity contribution in [2.75, 3.05) is 54.1 Å². The predicted molar refractivity (Wildman–Crippen MR) is 115 cm³/mol. The zero-order chi connectivity index (χ0) is 22.3. The van der Waals surface area contributed by atoms with E-state index in [1.807, 2.05) is 17.0 Å². The summed E-state index contributed by atoms with van der Waals surface area (Å²) in [4.78, 5) is 8.13. The number of furan rings is 1. The fourth-order valence-electron chi connectivity index (χ4n) is 4.31. The van der Waals surface area contributed by atoms with Gasteiger partial charge in [-0.2, -0.15) is 4.98 Å². The van der Waals surface area contributed by atoms with Crippen LogP contribution in [0.5, 0.6) is 0 Å². The number of nitrogens with one attached hydrogen (secondary N) is 3. The van der Waals surface area contributed by atoms with Crippen molar-refractivity contribution in [2.24, 2.45) is 0 Å². The van der Waals surface area contributed by atoms with Gasteiger partial charge in [0.1, 0.15) is 23.3 Å². The third kappa shape index (κ3) is 3.64. The van der Waals surface area contributed by atoms with E-state index >= 15 is 0 Å². The van der Waals surface area contributed by atoms with Gasteiger partial charge in [0.2, 0.25) is 5.62 Å². The number of anilines is 3. The largest absolute Gasteiger partial charge is 0.465 e. The van der Waals surface area contributed by atoms with Gasteiger partial charge in [0, 0.05) is 51.3 Å². The van der Waals surface area contributed by atoms with E-state index in [0.29, 0.717) is 56.4 Å². The summed E-state index contributed by atoms with van der Waals surface area (Å²) >= 11 is 0. The number of nitrogens with zero attached hydrogens (tertiary/aromatic N) is 4. The van der Waals surface area contributed by atoms with E-state index in [4.69, 9.17) is 15.6 Å². The van der Waals surface area contributed by atoms with E-state index in [1.165, 1.54) is 12.1 Å². The lowest BCUT2D eigenvalue weighted by molar-refractivity contribution is 0.229. The van der Waals surface area contributed by atoms with Crippen LogP contribution in [0.2, 0.25) is 0 Å². The van der Waals surface area contributed by atoms with E-state index in [1.54, 1.807) is 17.0 Å². The van der Waals surface area contributed by atoms with Crippen molar-refractivity contribution in [3.8, 4) is 0 Å². The molecule has 1 atom stereocenters. The standard InChI is InChI=1S/C21H24F2N8O/c22-14-3-4-15(23)16(12-14)30-9-7-29(8-10-30)6-5-21(17-2-1-11-32-17)27-19-13-18(24)26-20(25)31(19)28-21/h1-4,11-13,27-28H,5-10H2,(H3,24,25,26). The van der Waals surface area contributed by atoms with Crippen LogP contribution in [0.4, 0.5) is 26.1 Å². The number of piperazine rings is 1. The van der Waals surface area contributed by atoms with Crippen molar-refractivity contribution in [1.82, 2.24) is 14.6 Å². The highest BCUT2D eigenvalue weighted by atomic mass is 19.1. The molecular weight excluding hydrogens is 418 g/mol. The summed E-state index contributed by atoms with van der Waals surface area (Å²) in [6.07, 6.45) is 2.23. The van der Waals surface area contributed by atoms with Gasteiger partial charge in [0.05, 0.1) is 12.0 Å². The van der Waals surface area contributed by atoms with Crippen LogP contribution in [0, 0.1) is 17.0 Å². The first kappa shape index (κ1) is 20.3. The van der Waals surface area contributed by atoms with E-state index in [9.17, 15) is 8.78 Å². The second-order valence-corrected chi connectivity index (χ2v) is 8.02. The summed E-state index contributed by atoms with van der Waals surface area (Å²) in [7, 11) is 0. The third-order valence-corrected chi connectivity index (χ3v) is 5.98. The Hall–Kier alpha value is -3.60. The van der Waals surface area contributed by atoms with Gasteiger partial charge in [0.15, 0.2) is 11.4 Å². The van der Waals surface area contributed by atoms with E-state index in [0.717, 1.165) is 6.07 Å². The third-order valence-electron chi connectivity index (χ3n) is 5.98. The normalized spacial score (nSPS) is 20.6. The molecule has 9 nitrogen and oxygen atoms in total. The number of aromatic nitrogens is 2. The molecule has 2 aliphatic heterocycles. The zero-order valence-corrected chi connectivity index (χ0v) is 17.3. The minimum atomic E-state index is -0.770. The second kappa shape index (κ2) is 7.83. The Morgan fingerprint density at radius 1 is 1.16 bits per heavy atom. The second-order valence-electron chi connectivity index (χ2n) is 8.02. The molecule has 168 valence electrons. The number of halogens is 2. The van der Waals surface area contributed by atoms with E-state index < -0.39 is 17.3 Å². The molecule has 0 bridgehead atoms. The maximum Gasteiger partial charge on any atom is 0.244 e. The van der Waals surface area contributed by atoms with Gasteiger partial charge in [-0.1, -0.05) is 0 Å². The van der Waals surface area contributed by atoms with Crippen LogP contribution in [0.15, 0.2) is 47.1 Å². The Balaban J connectivity index is 1.28. The Morgan fingerprint density at radius 2 is 1.97 bits per heavy atom. The molecule has 0 amide bonds. The Labute approximate surface area is 182 Å². The average molecular weight is 442 g/mol. The fraction of sp³-hybridized carbons (Fsp3) is 0.333. The van der Waals surface area contributed by atoms with E-state index in [-0.39, 0.29) is 11.4 Å². The van der Waals surface area contributed by atoms with Gasteiger partial charge in [0.25, 0.3) is 0 Å². The van der Waals surface area contributed by atoms with Gasteiger partial charge in [-0.15, -0.1) is 0 Å². The molecule has 1 aromatic carbocycles. The smallest absolute Gasteiger partial charge is 0.244 e. The van der Waals surface area contributed by atoms with Crippen LogP contribution >= 0.6 is 0 Å². The van der Waals surface area contributed by atoms with Crippen LogP contribution in [-0.2, 0) is 5.66 Å². The number of hydrogen-bond donors (Lipinski definition) is 4. The average Bonchev–Trinajstić information content (AvgIpc) is 3.44. The molecule has 1 fully saturated rings. The number of nitrogen functional groups attached to an aromatic ring is 1. The van der Waals surface area contributed by atoms with Gasteiger partial charge in [-0.25, -0.2) is 13.5 Å². The Kier molecular flexibility index (Phi) is 4.97. The maximum absolute atomic E-state index is 14.1. The molecule has 11 heteroatoms. The van der Waals surface area contributed by atoms with Crippen LogP contribution in [-0.4, -0.2) is 47.3 Å². The van der Waals surface area contributed by atoms with Crippen LogP contribution in [0.1, 0.15) is 12.2 Å². The minimum Gasteiger partial charge on any atom is -0.465 e. The molecule has 32 heavy (non-hydrogen) atoms. The van der Waals surface area contributed by atoms with Gasteiger partial charge in [-0.3, -0.25) is 15.7 Å². The summed E-state index contributed by atoms with van der Waals surface area (Å²) in [5.41, 5.74) is 8.65. The lowest BCUT2D eigenvalue weighted by Crippen LogP contribution is -2.50. The summed E-state index contributed by atoms with van der Waals surface area (Å²) in [6.45, 7) is 3.33. The molecule has 0 saturated carbocycles. The molecule has 5 N–H and O–H groups in total. The van der Waals surface area contributed by atoms with Gasteiger partial charge >= 0.3 is 0 Å². The Morgan fingerprint density at radius 3 is 2.72 bits per heavy atom. The maximum atomic E-state index is 14.1. The van der Waals surface area contributed by atoms with Crippen LogP contribution < -0.4 is 27.0 Å². The highest BCUT2D eigenvalue weighted by molar-refractivity contribution is 5.53. The van der Waals surface area contributed by atoms with Crippen molar-refractivity contribution in [3.63, 3.8) is 0 Å². The fourth-order valence-corrected chi connectivity index (χ4v) is 4.31. The van der Waals surface area contributed by atoms with Crippen molar-refractivity contribution in [1.29, 1.82) is 5.41 Å². The number of rotatable bonds is 5. The van der Waals surface area contributed by atoms with Crippen LogP contribution in [0.3, 0.4) is 0 Å². The summed E-state index contributed by atoms with van der Waals surface area (Å²) in [6, 6.07) is 8.90. The molecule has 0 spiro atoms. The van der Waals surface area contributed by atoms with Gasteiger partial charge < -0.3 is 20.4 Å². The molecule has 5 rings (SSSR count). The lowest BCUT2D eigenvalue weighted by atomic mass is 10.0. The van der Waals surface area contributed by atoms with Crippen molar-refractivity contribution in [2.45, 2.75) is 12.1 Å². The highest BCUT2D eigenvalue weighted by Crippen LogP contribution is 2.34. The van der Waals surface area contributed by atoms with Crippen molar-refractivity contribution >= 4 is 17.3 Å². The minimum absolute atomic E-state index is 0.00772. The summed E-state index contributed by atoms with van der Waals surface area (Å²) in [5, 5.41) is 11.5. The highest BCUT2D eigenvalue weighted by Gasteiger charge is 2.41. The summed E-state index contributed by atoms with van der Waals surface area (Å²) < 4.78 is 34.9. The van der Waals surface area contributed by atoms with E-state index in [2.05, 4.69) is 20.6 Å². The number of benzene rings is 1. The Bertz CT molecular complexity index is 1170.